The van der Waals surface area contributed by atoms with Gasteiger partial charge in [0.1, 0.15) is 0 Å². The zero-order valence-electron chi connectivity index (χ0n) is 24.7. The van der Waals surface area contributed by atoms with Crippen molar-refractivity contribution < 1.29 is 23.9 Å². The summed E-state index contributed by atoms with van der Waals surface area (Å²) in [6.07, 6.45) is 12.3. The number of hydrogen-bond acceptors (Lipinski definition) is 5. The van der Waals surface area contributed by atoms with Gasteiger partial charge in [-0.15, -0.1) is 0 Å². The van der Waals surface area contributed by atoms with E-state index < -0.39 is 6.16 Å². The first-order chi connectivity index (χ1) is 17.5. The molecule has 0 amide bonds. The summed E-state index contributed by atoms with van der Waals surface area (Å²) in [5.74, 6) is 1.95. The van der Waals surface area contributed by atoms with Gasteiger partial charge in [0, 0.05) is 11.3 Å². The van der Waals surface area contributed by atoms with Crippen LogP contribution in [0, 0.1) is 40.4 Å². The van der Waals surface area contributed by atoms with Gasteiger partial charge in [-0.25, -0.2) is 4.79 Å². The Bertz CT molecular complexity index is 925. The van der Waals surface area contributed by atoms with Gasteiger partial charge in [0.2, 0.25) is 0 Å². The lowest BCUT2D eigenvalue weighted by molar-refractivity contribution is -0.132. The van der Waals surface area contributed by atoms with E-state index in [4.69, 9.17) is 9.47 Å². The minimum absolute atomic E-state index is 0.00293. The smallest absolute Gasteiger partial charge is 0.435 e. The fourth-order valence-corrected chi connectivity index (χ4v) is 6.96. The molecular formula is C32H50O5. The molecule has 4 aliphatic carbocycles. The predicted octanol–water partition coefficient (Wildman–Crippen LogP) is 7.90. The highest BCUT2D eigenvalue weighted by Crippen LogP contribution is 2.65. The van der Waals surface area contributed by atoms with E-state index in [0.29, 0.717) is 11.8 Å². The Morgan fingerprint density at radius 1 is 1.14 bits per heavy atom. The van der Waals surface area contributed by atoms with E-state index in [1.165, 1.54) is 17.6 Å². The normalized spacial score (nSPS) is 33.3. The molecule has 0 heterocycles. The molecule has 0 saturated heterocycles. The van der Waals surface area contributed by atoms with Crippen molar-refractivity contribution in [3.8, 4) is 0 Å². The molecule has 0 aliphatic heterocycles. The minimum Gasteiger partial charge on any atom is -0.435 e. The highest BCUT2D eigenvalue weighted by atomic mass is 16.7. The highest BCUT2D eigenvalue weighted by molar-refractivity contribution is 6.01. The summed E-state index contributed by atoms with van der Waals surface area (Å²) >= 11 is 0. The van der Waals surface area contributed by atoms with E-state index in [0.717, 1.165) is 31.6 Å². The SMILES string of the molecule is CC.CCC(C)C.CCOC(=O)OCC(=O)C1[C@@H](C)CC2C3CCC4=CC(=O)C=C[C@]4(C)C3=CC[C@@]21C. The Morgan fingerprint density at radius 2 is 1.78 bits per heavy atom. The lowest BCUT2D eigenvalue weighted by atomic mass is 9.52. The third-order valence-corrected chi connectivity index (χ3v) is 9.05. The third kappa shape index (κ3) is 6.46. The maximum absolute atomic E-state index is 13.1. The standard InChI is InChI=1S/C25H32O5.C5H12.C2H6/c1-5-29-23(28)30-14-21(27)22-15(2)12-20-18-7-6-16-13-17(26)8-10-24(16,3)19(18)9-11-25(20,22)4;1-4-5(2)3;1-2/h8-10,13,15,18,20,22H,5-7,11-12,14H2,1-4H3;5H,4H2,1-3H3;1-2H3/t15-,18?,20?,22?,24-,25-;;/m0../s1. The zero-order chi connectivity index (χ0) is 28.0. The molecule has 5 heteroatoms. The number of hydrogen-bond donors (Lipinski definition) is 0. The lowest BCUT2D eigenvalue weighted by Crippen LogP contribution is -2.45. The van der Waals surface area contributed by atoms with Crippen LogP contribution in [0.3, 0.4) is 0 Å². The van der Waals surface area contributed by atoms with Gasteiger partial charge in [-0.05, 0) is 80.8 Å². The number of carbonyl (C=O) groups is 3. The van der Waals surface area contributed by atoms with Crippen LogP contribution in [0.1, 0.15) is 94.4 Å². The van der Waals surface area contributed by atoms with Gasteiger partial charge in [0.25, 0.3) is 0 Å². The second-order valence-electron chi connectivity index (χ2n) is 11.7. The maximum atomic E-state index is 13.1. The van der Waals surface area contributed by atoms with Crippen molar-refractivity contribution in [3.63, 3.8) is 0 Å². The molecular weight excluding hydrogens is 464 g/mol. The second-order valence-corrected chi connectivity index (χ2v) is 11.7. The first-order valence-corrected chi connectivity index (χ1v) is 14.4. The van der Waals surface area contributed by atoms with Crippen LogP contribution in [-0.2, 0) is 19.1 Å². The van der Waals surface area contributed by atoms with Crippen LogP contribution >= 0.6 is 0 Å². The molecule has 3 unspecified atom stereocenters. The average molecular weight is 515 g/mol. The Kier molecular flexibility index (Phi) is 11.0. The summed E-state index contributed by atoms with van der Waals surface area (Å²) in [5.41, 5.74) is 2.35. The van der Waals surface area contributed by atoms with E-state index in [1.807, 2.05) is 19.9 Å². The molecule has 4 aliphatic rings. The van der Waals surface area contributed by atoms with E-state index >= 15 is 0 Å². The van der Waals surface area contributed by atoms with E-state index in [2.05, 4.69) is 53.7 Å². The fraction of sp³-hybridized carbons (Fsp3) is 0.719. The molecule has 2 fully saturated rings. The fourth-order valence-electron chi connectivity index (χ4n) is 6.96. The topological polar surface area (TPSA) is 69.7 Å². The second kappa shape index (κ2) is 13.1. The number of ether oxygens (including phenoxy) is 2. The van der Waals surface area contributed by atoms with Crippen molar-refractivity contribution in [1.82, 2.24) is 0 Å². The van der Waals surface area contributed by atoms with Gasteiger partial charge in [-0.3, -0.25) is 9.59 Å². The summed E-state index contributed by atoms with van der Waals surface area (Å²) < 4.78 is 9.85. The monoisotopic (exact) mass is 514 g/mol. The van der Waals surface area contributed by atoms with Gasteiger partial charge in [0.05, 0.1) is 6.61 Å². The number of ketones is 2. The van der Waals surface area contributed by atoms with Gasteiger partial charge >= 0.3 is 6.16 Å². The molecule has 37 heavy (non-hydrogen) atoms. The van der Waals surface area contributed by atoms with Gasteiger partial charge in [-0.1, -0.05) is 78.2 Å². The minimum atomic E-state index is -0.776. The lowest BCUT2D eigenvalue weighted by Gasteiger charge is -2.52. The van der Waals surface area contributed by atoms with Crippen molar-refractivity contribution in [3.05, 3.63) is 35.5 Å². The number of allylic oxidation sites excluding steroid dienone is 6. The van der Waals surface area contributed by atoms with Gasteiger partial charge in [0.15, 0.2) is 18.2 Å². The predicted molar refractivity (Wildman–Crippen MR) is 149 cm³/mol. The zero-order valence-corrected chi connectivity index (χ0v) is 24.7. The third-order valence-electron chi connectivity index (χ3n) is 9.05. The molecule has 2 saturated carbocycles. The molecule has 0 radical (unpaired) electrons. The molecule has 5 nitrogen and oxygen atoms in total. The number of Topliss-reactive ketones (excluding diaryl/α,β-unsaturated/α-hetero) is 1. The summed E-state index contributed by atoms with van der Waals surface area (Å²) in [7, 11) is 0. The van der Waals surface area contributed by atoms with Crippen LogP contribution in [0.2, 0.25) is 0 Å². The van der Waals surface area contributed by atoms with Crippen molar-refractivity contribution in [2.75, 3.05) is 13.2 Å². The van der Waals surface area contributed by atoms with Gasteiger partial charge in [-0.2, -0.15) is 0 Å². The Labute approximate surface area is 225 Å². The summed E-state index contributed by atoms with van der Waals surface area (Å²) in [5, 5.41) is 0. The van der Waals surface area contributed by atoms with Crippen LogP contribution in [0.25, 0.3) is 0 Å². The van der Waals surface area contributed by atoms with Crippen LogP contribution in [0.4, 0.5) is 4.79 Å². The van der Waals surface area contributed by atoms with Crippen molar-refractivity contribution in [1.29, 1.82) is 0 Å². The number of carbonyl (C=O) groups excluding carboxylic acids is 3. The summed E-state index contributed by atoms with van der Waals surface area (Å²) in [4.78, 5) is 36.5. The first kappa shape index (κ1) is 31.1. The molecule has 0 N–H and O–H groups in total. The maximum Gasteiger partial charge on any atom is 0.508 e. The molecule has 0 aromatic heterocycles. The van der Waals surface area contributed by atoms with Crippen LogP contribution in [0.15, 0.2) is 35.5 Å². The van der Waals surface area contributed by atoms with Crippen LogP contribution in [-0.4, -0.2) is 30.9 Å². The molecule has 4 rings (SSSR count). The summed E-state index contributed by atoms with van der Waals surface area (Å²) in [6, 6.07) is 0. The number of rotatable bonds is 5. The van der Waals surface area contributed by atoms with E-state index in [1.54, 1.807) is 13.0 Å². The van der Waals surface area contributed by atoms with E-state index in [9.17, 15) is 14.4 Å². The average Bonchev–Trinajstić information content (AvgIpc) is 3.14. The van der Waals surface area contributed by atoms with Gasteiger partial charge < -0.3 is 9.47 Å². The van der Waals surface area contributed by atoms with Crippen LogP contribution < -0.4 is 0 Å². The van der Waals surface area contributed by atoms with Crippen molar-refractivity contribution in [2.45, 2.75) is 94.4 Å². The molecule has 208 valence electrons. The van der Waals surface area contributed by atoms with Crippen molar-refractivity contribution >= 4 is 17.7 Å². The molecule has 6 atom stereocenters. The Morgan fingerprint density at radius 3 is 2.38 bits per heavy atom. The molecule has 0 bridgehead atoms. The first-order valence-electron chi connectivity index (χ1n) is 14.4. The molecule has 0 spiro atoms. The van der Waals surface area contributed by atoms with Crippen molar-refractivity contribution in [2.24, 2.45) is 40.4 Å². The largest absolute Gasteiger partial charge is 0.508 e. The summed E-state index contributed by atoms with van der Waals surface area (Å²) in [6.45, 7) is 19.0. The highest BCUT2D eigenvalue weighted by Gasteiger charge is 2.59. The van der Waals surface area contributed by atoms with E-state index in [-0.39, 0.29) is 47.4 Å². The Hall–Kier alpha value is -2.17. The molecule has 0 aromatic carbocycles. The quantitative estimate of drug-likeness (QED) is 0.275. The molecule has 0 aromatic rings. The Balaban J connectivity index is 0.000000617. The van der Waals surface area contributed by atoms with Crippen LogP contribution in [0.5, 0.6) is 0 Å². The number of fused-ring (bicyclic) bond motifs is 5.